The van der Waals surface area contributed by atoms with E-state index < -0.39 is 0 Å². The fourth-order valence-electron chi connectivity index (χ4n) is 8.51. The summed E-state index contributed by atoms with van der Waals surface area (Å²) in [5, 5.41) is 2.37. The normalized spacial score (nSPS) is 13.6. The van der Waals surface area contributed by atoms with Crippen molar-refractivity contribution in [3.05, 3.63) is 144 Å². The molecule has 5 nitrogen and oxygen atoms in total. The van der Waals surface area contributed by atoms with E-state index in [9.17, 15) is 0 Å². The van der Waals surface area contributed by atoms with Crippen LogP contribution in [0.2, 0.25) is 0 Å². The molecule has 1 aliphatic rings. The third kappa shape index (κ3) is 7.36. The summed E-state index contributed by atoms with van der Waals surface area (Å²) in [6, 6.07) is 42.5. The Labute approximate surface area is 346 Å². The van der Waals surface area contributed by atoms with Crippen molar-refractivity contribution in [2.45, 2.75) is 111 Å². The summed E-state index contributed by atoms with van der Waals surface area (Å²) in [6.45, 7) is 25.8. The minimum absolute atomic E-state index is 0.00108. The SMILES string of the molecule is CCC(CC)c1cccc(N2CN(c3cc(Oc4ccc5c6ccccc6n(-c6cc(C(C)(C)C)ccn6)c5c4)cc(C(C)(C)C)c3)c3cc(C(C)(C)C)ccc32)c1. The van der Waals surface area contributed by atoms with Crippen molar-refractivity contribution in [1.82, 2.24) is 9.55 Å². The lowest BCUT2D eigenvalue weighted by Gasteiger charge is -2.27. The maximum absolute atomic E-state index is 6.96. The van der Waals surface area contributed by atoms with Crippen molar-refractivity contribution in [1.29, 1.82) is 0 Å². The summed E-state index contributed by atoms with van der Waals surface area (Å²) in [5.74, 6) is 3.07. The van der Waals surface area contributed by atoms with Crippen LogP contribution in [0.25, 0.3) is 27.6 Å². The summed E-state index contributed by atoms with van der Waals surface area (Å²) in [7, 11) is 0. The van der Waals surface area contributed by atoms with Crippen molar-refractivity contribution in [2.75, 3.05) is 16.5 Å². The Bertz CT molecular complexity index is 2630. The van der Waals surface area contributed by atoms with Gasteiger partial charge in [-0.3, -0.25) is 4.57 Å². The molecule has 0 bridgehead atoms. The highest BCUT2D eigenvalue weighted by Crippen LogP contribution is 2.48. The van der Waals surface area contributed by atoms with Gasteiger partial charge in [-0.1, -0.05) is 113 Å². The Kier molecular flexibility index (Phi) is 9.94. The van der Waals surface area contributed by atoms with Crippen LogP contribution in [0.1, 0.15) is 117 Å². The summed E-state index contributed by atoms with van der Waals surface area (Å²) >= 11 is 0. The molecule has 0 N–H and O–H groups in total. The number of hydrogen-bond acceptors (Lipinski definition) is 4. The van der Waals surface area contributed by atoms with E-state index in [0.29, 0.717) is 12.6 Å². The van der Waals surface area contributed by atoms with Gasteiger partial charge in [-0.05, 0) is 124 Å². The molecule has 0 saturated carbocycles. The molecule has 58 heavy (non-hydrogen) atoms. The van der Waals surface area contributed by atoms with Crippen LogP contribution in [0.4, 0.5) is 22.7 Å². The molecule has 0 spiro atoms. The maximum Gasteiger partial charge on any atom is 0.137 e. The summed E-state index contributed by atoms with van der Waals surface area (Å²) < 4.78 is 9.24. The molecule has 7 aromatic rings. The zero-order chi connectivity index (χ0) is 41.1. The van der Waals surface area contributed by atoms with Crippen molar-refractivity contribution < 1.29 is 4.74 Å². The number of ether oxygens (including phenoxy) is 1. The van der Waals surface area contributed by atoms with E-state index in [2.05, 4.69) is 206 Å². The summed E-state index contributed by atoms with van der Waals surface area (Å²) in [6.07, 6.45) is 4.20. The first-order valence-electron chi connectivity index (χ1n) is 21.2. The molecule has 5 heteroatoms. The molecule has 2 aromatic heterocycles. The van der Waals surface area contributed by atoms with E-state index in [-0.39, 0.29) is 16.2 Å². The molecular formula is C53H60N4O. The van der Waals surface area contributed by atoms with Gasteiger partial charge in [0, 0.05) is 40.5 Å². The lowest BCUT2D eigenvalue weighted by molar-refractivity contribution is 0.479. The smallest absolute Gasteiger partial charge is 0.137 e. The molecule has 0 radical (unpaired) electrons. The monoisotopic (exact) mass is 768 g/mol. The maximum atomic E-state index is 6.96. The molecular weight excluding hydrogens is 709 g/mol. The second kappa shape index (κ2) is 14.7. The lowest BCUT2D eigenvalue weighted by atomic mass is 9.86. The van der Waals surface area contributed by atoms with Crippen LogP contribution in [-0.4, -0.2) is 16.2 Å². The van der Waals surface area contributed by atoms with Crippen molar-refractivity contribution in [3.8, 4) is 17.3 Å². The predicted octanol–water partition coefficient (Wildman–Crippen LogP) is 15.0. The Balaban J connectivity index is 1.24. The number of fused-ring (bicyclic) bond motifs is 4. The van der Waals surface area contributed by atoms with E-state index in [1.54, 1.807) is 0 Å². The number of aromatic nitrogens is 2. The van der Waals surface area contributed by atoms with Gasteiger partial charge in [0.25, 0.3) is 0 Å². The van der Waals surface area contributed by atoms with Crippen LogP contribution >= 0.6 is 0 Å². The van der Waals surface area contributed by atoms with E-state index in [1.807, 2.05) is 6.20 Å². The zero-order valence-electron chi connectivity index (χ0n) is 36.4. The Morgan fingerprint density at radius 1 is 0.552 bits per heavy atom. The number of nitrogens with zero attached hydrogens (tertiary/aromatic N) is 4. The van der Waals surface area contributed by atoms with E-state index >= 15 is 0 Å². The third-order valence-corrected chi connectivity index (χ3v) is 12.1. The van der Waals surface area contributed by atoms with Gasteiger partial charge in [0.05, 0.1) is 22.4 Å². The fraction of sp³-hybridized carbons (Fsp3) is 0.340. The Hall–Kier alpha value is -5.55. The van der Waals surface area contributed by atoms with Crippen LogP contribution in [0.5, 0.6) is 11.5 Å². The molecule has 0 unspecified atom stereocenters. The molecule has 5 aromatic carbocycles. The van der Waals surface area contributed by atoms with Crippen LogP contribution in [0.15, 0.2) is 121 Å². The van der Waals surface area contributed by atoms with Gasteiger partial charge in [0.1, 0.15) is 24.0 Å². The van der Waals surface area contributed by atoms with Gasteiger partial charge in [0.2, 0.25) is 0 Å². The molecule has 0 fully saturated rings. The van der Waals surface area contributed by atoms with Crippen LogP contribution in [0.3, 0.4) is 0 Å². The topological polar surface area (TPSA) is 33.5 Å². The van der Waals surface area contributed by atoms with Gasteiger partial charge in [0.15, 0.2) is 0 Å². The zero-order valence-corrected chi connectivity index (χ0v) is 36.4. The standard InChI is InChI=1S/C53H60N4O/c1-12-35(13-2)36-17-16-18-40(27-36)55-34-56(49-30-37(51(3,4)5)21-24-47(49)55)41-28-39(53(9,10)11)29-43(32-41)58-42-22-23-45-44-19-14-15-20-46(44)57(48(45)33-42)50-31-38(25-26-54-50)52(6,7)8/h14-33,35H,12-13,34H2,1-11H3. The summed E-state index contributed by atoms with van der Waals surface area (Å²) in [4.78, 5) is 9.86. The highest BCUT2D eigenvalue weighted by molar-refractivity contribution is 6.09. The molecule has 3 heterocycles. The average Bonchev–Trinajstić information content (AvgIpc) is 3.73. The first kappa shape index (κ1) is 39.3. The number of para-hydroxylation sites is 1. The van der Waals surface area contributed by atoms with Gasteiger partial charge in [-0.15, -0.1) is 0 Å². The average molecular weight is 769 g/mol. The summed E-state index contributed by atoms with van der Waals surface area (Å²) in [5.41, 5.74) is 12.1. The Morgan fingerprint density at radius 3 is 1.97 bits per heavy atom. The van der Waals surface area contributed by atoms with Crippen molar-refractivity contribution >= 4 is 44.6 Å². The van der Waals surface area contributed by atoms with Gasteiger partial charge in [-0.2, -0.15) is 0 Å². The van der Waals surface area contributed by atoms with E-state index in [4.69, 9.17) is 9.72 Å². The fourth-order valence-corrected chi connectivity index (χ4v) is 8.51. The van der Waals surface area contributed by atoms with Gasteiger partial charge in [-0.25, -0.2) is 4.98 Å². The largest absolute Gasteiger partial charge is 0.457 e. The van der Waals surface area contributed by atoms with E-state index in [0.717, 1.165) is 46.9 Å². The predicted molar refractivity (Wildman–Crippen MR) is 247 cm³/mol. The van der Waals surface area contributed by atoms with Crippen LogP contribution in [-0.2, 0) is 16.2 Å². The minimum Gasteiger partial charge on any atom is -0.457 e. The first-order chi connectivity index (χ1) is 27.5. The quantitative estimate of drug-likeness (QED) is 0.154. The van der Waals surface area contributed by atoms with Crippen molar-refractivity contribution in [3.63, 3.8) is 0 Å². The van der Waals surface area contributed by atoms with E-state index in [1.165, 1.54) is 50.1 Å². The number of rotatable bonds is 8. The number of hydrogen-bond donors (Lipinski definition) is 0. The van der Waals surface area contributed by atoms with Gasteiger partial charge < -0.3 is 14.5 Å². The van der Waals surface area contributed by atoms with Gasteiger partial charge >= 0.3 is 0 Å². The molecule has 0 saturated heterocycles. The number of benzene rings is 5. The third-order valence-electron chi connectivity index (χ3n) is 12.1. The second-order valence-corrected chi connectivity index (χ2v) is 19.3. The minimum atomic E-state index is -0.104. The highest BCUT2D eigenvalue weighted by Gasteiger charge is 2.32. The molecule has 298 valence electrons. The molecule has 0 aliphatic carbocycles. The van der Waals surface area contributed by atoms with Crippen LogP contribution in [0, 0.1) is 0 Å². The van der Waals surface area contributed by atoms with Crippen molar-refractivity contribution in [2.24, 2.45) is 0 Å². The molecule has 8 rings (SSSR count). The Morgan fingerprint density at radius 2 is 1.24 bits per heavy atom. The number of pyridine rings is 1. The molecule has 1 aliphatic heterocycles. The molecule has 0 atom stereocenters. The highest BCUT2D eigenvalue weighted by atomic mass is 16.5. The first-order valence-corrected chi connectivity index (χ1v) is 21.2. The van der Waals surface area contributed by atoms with Crippen LogP contribution < -0.4 is 14.5 Å². The molecule has 0 amide bonds. The second-order valence-electron chi connectivity index (χ2n) is 19.3. The lowest BCUT2D eigenvalue weighted by Crippen LogP contribution is -2.24. The number of anilines is 4.